The highest BCUT2D eigenvalue weighted by Crippen LogP contribution is 2.20. The molecule has 1 N–H and O–H groups in total. The number of nitrogens with zero attached hydrogens (tertiary/aromatic N) is 4. The predicted octanol–water partition coefficient (Wildman–Crippen LogP) is 0.329. The minimum absolute atomic E-state index is 0.00591. The van der Waals surface area contributed by atoms with E-state index in [1.54, 1.807) is 0 Å². The van der Waals surface area contributed by atoms with Gasteiger partial charge in [0.25, 0.3) is 23.6 Å². The Morgan fingerprint density at radius 3 is 1.72 bits per heavy atom. The second-order valence-corrected chi connectivity index (χ2v) is 7.65. The standard InChI is InChI=1S/C23H20N4O9/c1-14(16(11-24)10-15-2-4-17(28)5-3-15)25(12-22(33)35-26-18(29)6-7-19(26)30)13-23(34)36-27-20(31)8-9-21(27)32/h2-5,10,28H,1,6-9,12-13H2/b16-10+. The van der Waals surface area contributed by atoms with Crippen molar-refractivity contribution in [2.45, 2.75) is 25.7 Å². The predicted molar refractivity (Wildman–Crippen MR) is 117 cm³/mol. The molecule has 0 spiro atoms. The quantitative estimate of drug-likeness (QED) is 0.283. The van der Waals surface area contributed by atoms with E-state index in [1.165, 1.54) is 30.3 Å². The highest BCUT2D eigenvalue weighted by Gasteiger charge is 2.35. The summed E-state index contributed by atoms with van der Waals surface area (Å²) in [6.07, 6.45) is 0.870. The lowest BCUT2D eigenvalue weighted by atomic mass is 10.1. The smallest absolute Gasteiger partial charge is 0.352 e. The summed E-state index contributed by atoms with van der Waals surface area (Å²) < 4.78 is 0. The molecule has 0 unspecified atom stereocenters. The van der Waals surface area contributed by atoms with Gasteiger partial charge in [0.05, 0.1) is 5.57 Å². The number of carbonyl (C=O) groups is 6. The number of hydrogen-bond acceptors (Lipinski definition) is 11. The van der Waals surface area contributed by atoms with Crippen LogP contribution in [0.5, 0.6) is 5.75 Å². The fourth-order valence-corrected chi connectivity index (χ4v) is 3.22. The maximum atomic E-state index is 12.5. The zero-order chi connectivity index (χ0) is 26.4. The lowest BCUT2D eigenvalue weighted by Crippen LogP contribution is -2.41. The van der Waals surface area contributed by atoms with Crippen molar-refractivity contribution in [1.82, 2.24) is 15.0 Å². The third-order valence-electron chi connectivity index (χ3n) is 5.05. The molecule has 13 heteroatoms. The Kier molecular flexibility index (Phi) is 7.80. The first-order valence-corrected chi connectivity index (χ1v) is 10.6. The van der Waals surface area contributed by atoms with Crippen LogP contribution in [0.25, 0.3) is 6.08 Å². The number of allylic oxidation sites excluding steroid dienone is 1. The first-order chi connectivity index (χ1) is 17.1. The van der Waals surface area contributed by atoms with Crippen molar-refractivity contribution in [3.63, 3.8) is 0 Å². The number of hydrogen-bond donors (Lipinski definition) is 1. The van der Waals surface area contributed by atoms with Gasteiger partial charge in [0.2, 0.25) is 0 Å². The maximum Gasteiger partial charge on any atom is 0.352 e. The number of imide groups is 2. The van der Waals surface area contributed by atoms with Crippen molar-refractivity contribution in [1.29, 1.82) is 5.26 Å². The van der Waals surface area contributed by atoms with Crippen LogP contribution in [0.4, 0.5) is 0 Å². The lowest BCUT2D eigenvalue weighted by molar-refractivity contribution is -0.200. The van der Waals surface area contributed by atoms with Gasteiger partial charge in [-0.05, 0) is 23.8 Å². The van der Waals surface area contributed by atoms with Crippen molar-refractivity contribution < 1.29 is 43.5 Å². The van der Waals surface area contributed by atoms with E-state index < -0.39 is 48.7 Å². The molecule has 1 aromatic carbocycles. The average Bonchev–Trinajstić information content (AvgIpc) is 3.33. The van der Waals surface area contributed by atoms with Crippen LogP contribution in [-0.4, -0.2) is 68.8 Å². The van der Waals surface area contributed by atoms with Crippen molar-refractivity contribution >= 4 is 41.6 Å². The summed E-state index contributed by atoms with van der Waals surface area (Å²) in [4.78, 5) is 82.5. The summed E-state index contributed by atoms with van der Waals surface area (Å²) in [5.41, 5.74) is 0.248. The van der Waals surface area contributed by atoms with E-state index in [4.69, 9.17) is 9.68 Å². The van der Waals surface area contributed by atoms with Gasteiger partial charge >= 0.3 is 11.9 Å². The van der Waals surface area contributed by atoms with Crippen LogP contribution < -0.4 is 0 Å². The van der Waals surface area contributed by atoms with Gasteiger partial charge in [-0.2, -0.15) is 5.26 Å². The van der Waals surface area contributed by atoms with E-state index in [0.717, 1.165) is 4.90 Å². The molecule has 1 aromatic rings. The summed E-state index contributed by atoms with van der Waals surface area (Å²) in [5.74, 6) is -5.11. The van der Waals surface area contributed by atoms with Gasteiger partial charge in [0, 0.05) is 31.4 Å². The van der Waals surface area contributed by atoms with E-state index in [1.807, 2.05) is 6.07 Å². The molecule has 3 rings (SSSR count). The zero-order valence-corrected chi connectivity index (χ0v) is 18.8. The molecular weight excluding hydrogens is 476 g/mol. The summed E-state index contributed by atoms with van der Waals surface area (Å²) in [6.45, 7) is 2.25. The molecule has 2 saturated heterocycles. The SMILES string of the molecule is C=C(/C(C#N)=C/c1ccc(O)cc1)N(CC(=O)ON1C(=O)CCC1=O)CC(=O)ON1C(=O)CCC1=O. The first kappa shape index (κ1) is 25.6. The number of nitriles is 1. The molecule has 0 bridgehead atoms. The Balaban J connectivity index is 1.80. The summed E-state index contributed by atoms with van der Waals surface area (Å²) >= 11 is 0. The van der Waals surface area contributed by atoms with Crippen LogP contribution >= 0.6 is 0 Å². The van der Waals surface area contributed by atoms with Crippen LogP contribution in [-0.2, 0) is 38.4 Å². The third-order valence-corrected chi connectivity index (χ3v) is 5.05. The molecule has 2 fully saturated rings. The Morgan fingerprint density at radius 1 is 0.917 bits per heavy atom. The zero-order valence-electron chi connectivity index (χ0n) is 18.8. The third kappa shape index (κ3) is 6.11. The molecule has 13 nitrogen and oxygen atoms in total. The van der Waals surface area contributed by atoms with Crippen LogP contribution in [0.15, 0.2) is 42.1 Å². The molecule has 0 atom stereocenters. The maximum absolute atomic E-state index is 12.5. The van der Waals surface area contributed by atoms with Crippen molar-refractivity contribution in [3.8, 4) is 11.8 Å². The van der Waals surface area contributed by atoms with Gasteiger partial charge in [-0.1, -0.05) is 18.7 Å². The van der Waals surface area contributed by atoms with E-state index in [-0.39, 0.29) is 42.7 Å². The second-order valence-electron chi connectivity index (χ2n) is 7.65. The average molecular weight is 496 g/mol. The minimum atomic E-state index is -1.12. The number of hydroxylamine groups is 4. The fourth-order valence-electron chi connectivity index (χ4n) is 3.22. The van der Waals surface area contributed by atoms with Crippen molar-refractivity contribution in [2.75, 3.05) is 13.1 Å². The largest absolute Gasteiger partial charge is 0.508 e. The van der Waals surface area contributed by atoms with Crippen molar-refractivity contribution in [3.05, 3.63) is 47.7 Å². The van der Waals surface area contributed by atoms with Gasteiger partial charge in [0.15, 0.2) is 0 Å². The Labute approximate surface area is 204 Å². The Morgan fingerprint density at radius 2 is 1.33 bits per heavy atom. The summed E-state index contributed by atoms with van der Waals surface area (Å²) in [7, 11) is 0. The number of rotatable bonds is 9. The molecule has 4 amide bonds. The van der Waals surface area contributed by atoms with Crippen molar-refractivity contribution in [2.24, 2.45) is 0 Å². The second kappa shape index (κ2) is 11.0. The van der Waals surface area contributed by atoms with Gasteiger partial charge < -0.3 is 19.7 Å². The highest BCUT2D eigenvalue weighted by molar-refractivity contribution is 6.02. The molecule has 36 heavy (non-hydrogen) atoms. The van der Waals surface area contributed by atoms with Crippen LogP contribution in [0.2, 0.25) is 0 Å². The molecular formula is C23H20N4O9. The molecule has 0 radical (unpaired) electrons. The number of aromatic hydroxyl groups is 1. The topological polar surface area (TPSA) is 175 Å². The van der Waals surface area contributed by atoms with Crippen LogP contribution in [0.3, 0.4) is 0 Å². The van der Waals surface area contributed by atoms with Gasteiger partial charge in [0.1, 0.15) is 24.9 Å². The van der Waals surface area contributed by atoms with E-state index in [9.17, 15) is 39.1 Å². The molecule has 0 aliphatic carbocycles. The van der Waals surface area contributed by atoms with Crippen LogP contribution in [0.1, 0.15) is 31.2 Å². The number of carbonyl (C=O) groups excluding carboxylic acids is 6. The van der Waals surface area contributed by atoms with Gasteiger partial charge in [-0.25, -0.2) is 9.59 Å². The van der Waals surface area contributed by atoms with Gasteiger partial charge in [-0.3, -0.25) is 19.2 Å². The monoisotopic (exact) mass is 496 g/mol. The van der Waals surface area contributed by atoms with Gasteiger partial charge in [-0.15, -0.1) is 10.1 Å². The minimum Gasteiger partial charge on any atom is -0.508 e. The molecule has 2 aliphatic heterocycles. The number of amides is 4. The Bertz CT molecular complexity index is 1130. The van der Waals surface area contributed by atoms with E-state index >= 15 is 0 Å². The molecule has 2 heterocycles. The van der Waals surface area contributed by atoms with E-state index in [2.05, 4.69) is 6.58 Å². The molecule has 2 aliphatic rings. The fraction of sp³-hybridized carbons (Fsp3) is 0.261. The van der Waals surface area contributed by atoms with Crippen LogP contribution in [0, 0.1) is 11.3 Å². The molecule has 0 saturated carbocycles. The number of benzene rings is 1. The first-order valence-electron chi connectivity index (χ1n) is 10.6. The Hall–Kier alpha value is -4.99. The summed E-state index contributed by atoms with van der Waals surface area (Å²) in [6, 6.07) is 7.64. The highest BCUT2D eigenvalue weighted by atomic mass is 16.7. The molecule has 186 valence electrons. The normalized spacial score (nSPS) is 15.7. The number of phenolic OH excluding ortho intramolecular Hbond substituents is 1. The lowest BCUT2D eigenvalue weighted by Gasteiger charge is -2.25. The summed E-state index contributed by atoms with van der Waals surface area (Å²) in [5, 5.41) is 19.7. The number of phenols is 1. The van der Waals surface area contributed by atoms with E-state index in [0.29, 0.717) is 15.7 Å². The molecule has 0 aromatic heterocycles.